The van der Waals surface area contributed by atoms with Crippen LogP contribution in [0.2, 0.25) is 0 Å². The van der Waals surface area contributed by atoms with Crippen molar-refractivity contribution in [3.8, 4) is 0 Å². The number of methoxy groups -OCH3 is 1. The van der Waals surface area contributed by atoms with Crippen LogP contribution in [0.15, 0.2) is 4.79 Å². The second-order valence-electron chi connectivity index (χ2n) is 5.13. The maximum absolute atomic E-state index is 12.1. The molecule has 1 aromatic heterocycles. The van der Waals surface area contributed by atoms with E-state index in [0.717, 1.165) is 32.7 Å². The molecule has 0 aliphatic carbocycles. The number of aromatic nitrogens is 2. The van der Waals surface area contributed by atoms with Crippen molar-refractivity contribution in [2.45, 2.75) is 20.3 Å². The van der Waals surface area contributed by atoms with Gasteiger partial charge in [0.2, 0.25) is 5.95 Å². The van der Waals surface area contributed by atoms with Crippen molar-refractivity contribution in [1.29, 1.82) is 0 Å². The summed E-state index contributed by atoms with van der Waals surface area (Å²) in [6.07, 6.45) is -0.0471. The molecule has 0 atom stereocenters. The Labute approximate surface area is 123 Å². The molecule has 0 radical (unpaired) electrons. The number of anilines is 1. The highest BCUT2D eigenvalue weighted by Crippen LogP contribution is 2.11. The van der Waals surface area contributed by atoms with E-state index in [9.17, 15) is 9.59 Å². The van der Waals surface area contributed by atoms with Crippen LogP contribution in [0.25, 0.3) is 0 Å². The average Bonchev–Trinajstić information content (AvgIpc) is 2.50. The van der Waals surface area contributed by atoms with Gasteiger partial charge >= 0.3 is 5.97 Å². The third kappa shape index (κ3) is 3.60. The van der Waals surface area contributed by atoms with E-state index >= 15 is 0 Å². The summed E-state index contributed by atoms with van der Waals surface area (Å²) in [4.78, 5) is 35.1. The summed E-state index contributed by atoms with van der Waals surface area (Å²) in [5.74, 6) is 0.150. The Morgan fingerprint density at radius 2 is 2.00 bits per heavy atom. The van der Waals surface area contributed by atoms with Gasteiger partial charge in [-0.3, -0.25) is 14.6 Å². The van der Waals surface area contributed by atoms with Crippen molar-refractivity contribution in [1.82, 2.24) is 14.9 Å². The minimum atomic E-state index is -0.435. The SMILES string of the molecule is CCN1CCN(c2nc(C)c(CC(=O)OC)c(=O)[nH]2)CC1. The number of nitrogens with one attached hydrogen (secondary N) is 1. The minimum absolute atomic E-state index is 0.0471. The van der Waals surface area contributed by atoms with Gasteiger partial charge in [0.15, 0.2) is 0 Å². The number of esters is 1. The molecular weight excluding hydrogens is 272 g/mol. The Morgan fingerprint density at radius 1 is 1.33 bits per heavy atom. The van der Waals surface area contributed by atoms with Gasteiger partial charge in [0, 0.05) is 31.7 Å². The normalized spacial score (nSPS) is 16.0. The van der Waals surface area contributed by atoms with Gasteiger partial charge in [-0.1, -0.05) is 6.92 Å². The van der Waals surface area contributed by atoms with Crippen molar-refractivity contribution in [3.63, 3.8) is 0 Å². The molecule has 116 valence electrons. The zero-order valence-electron chi connectivity index (χ0n) is 12.8. The van der Waals surface area contributed by atoms with E-state index in [1.54, 1.807) is 6.92 Å². The van der Waals surface area contributed by atoms with Gasteiger partial charge in [-0.05, 0) is 13.5 Å². The summed E-state index contributed by atoms with van der Waals surface area (Å²) in [5, 5.41) is 0. The van der Waals surface area contributed by atoms with Crippen molar-refractivity contribution >= 4 is 11.9 Å². The maximum Gasteiger partial charge on any atom is 0.310 e. The van der Waals surface area contributed by atoms with Gasteiger partial charge in [-0.2, -0.15) is 0 Å². The first-order chi connectivity index (χ1) is 10.0. The first kappa shape index (κ1) is 15.5. The largest absolute Gasteiger partial charge is 0.469 e. The molecule has 0 bridgehead atoms. The molecule has 1 N–H and O–H groups in total. The minimum Gasteiger partial charge on any atom is -0.469 e. The van der Waals surface area contributed by atoms with Crippen LogP contribution in [-0.4, -0.2) is 60.7 Å². The molecule has 7 heteroatoms. The smallest absolute Gasteiger partial charge is 0.310 e. The second kappa shape index (κ2) is 6.71. The number of piperazine rings is 1. The summed E-state index contributed by atoms with van der Waals surface area (Å²) in [5.41, 5.74) is 0.690. The van der Waals surface area contributed by atoms with Crippen LogP contribution < -0.4 is 10.5 Å². The predicted octanol–water partition coefficient (Wildman–Crippen LogP) is -0.0643. The van der Waals surface area contributed by atoms with Gasteiger partial charge in [-0.15, -0.1) is 0 Å². The van der Waals surface area contributed by atoms with E-state index in [0.29, 0.717) is 17.2 Å². The fourth-order valence-corrected chi connectivity index (χ4v) is 2.45. The number of rotatable bonds is 4. The van der Waals surface area contributed by atoms with E-state index in [1.807, 2.05) is 0 Å². The standard InChI is InChI=1S/C14H22N4O3/c1-4-17-5-7-18(8-6-17)14-15-10(2)11(13(20)16-14)9-12(19)21-3/h4-9H2,1-3H3,(H,15,16,20). The third-order valence-electron chi connectivity index (χ3n) is 3.88. The lowest BCUT2D eigenvalue weighted by atomic mass is 10.2. The van der Waals surface area contributed by atoms with Crippen LogP contribution in [0.3, 0.4) is 0 Å². The lowest BCUT2D eigenvalue weighted by Gasteiger charge is -2.34. The summed E-state index contributed by atoms with van der Waals surface area (Å²) in [6.45, 7) is 8.53. The number of carbonyl (C=O) groups is 1. The highest BCUT2D eigenvalue weighted by Gasteiger charge is 2.19. The summed E-state index contributed by atoms with van der Waals surface area (Å²) < 4.78 is 4.60. The molecule has 1 saturated heterocycles. The number of ether oxygens (including phenoxy) is 1. The molecule has 1 fully saturated rings. The Morgan fingerprint density at radius 3 is 2.52 bits per heavy atom. The zero-order chi connectivity index (χ0) is 15.4. The number of hydrogen-bond donors (Lipinski definition) is 1. The molecule has 1 aromatic rings. The lowest BCUT2D eigenvalue weighted by Crippen LogP contribution is -2.47. The Kier molecular flexibility index (Phi) is 4.95. The maximum atomic E-state index is 12.1. The Balaban J connectivity index is 2.16. The van der Waals surface area contributed by atoms with E-state index < -0.39 is 5.97 Å². The number of aryl methyl sites for hydroxylation is 1. The van der Waals surface area contributed by atoms with Gasteiger partial charge < -0.3 is 14.5 Å². The van der Waals surface area contributed by atoms with Crippen LogP contribution in [0.4, 0.5) is 5.95 Å². The van der Waals surface area contributed by atoms with Crippen LogP contribution >= 0.6 is 0 Å². The second-order valence-corrected chi connectivity index (χ2v) is 5.13. The fourth-order valence-electron chi connectivity index (χ4n) is 2.45. The topological polar surface area (TPSA) is 78.5 Å². The monoisotopic (exact) mass is 294 g/mol. The summed E-state index contributed by atoms with van der Waals surface area (Å²) in [6, 6.07) is 0. The zero-order valence-corrected chi connectivity index (χ0v) is 12.8. The predicted molar refractivity (Wildman–Crippen MR) is 79.6 cm³/mol. The molecule has 0 amide bonds. The first-order valence-corrected chi connectivity index (χ1v) is 7.19. The van der Waals surface area contributed by atoms with Crippen molar-refractivity contribution in [2.75, 3.05) is 44.7 Å². The quantitative estimate of drug-likeness (QED) is 0.784. The van der Waals surface area contributed by atoms with E-state index in [1.165, 1.54) is 7.11 Å². The Bertz CT molecular complexity index is 562. The van der Waals surface area contributed by atoms with Crippen molar-refractivity contribution in [3.05, 3.63) is 21.6 Å². The highest BCUT2D eigenvalue weighted by atomic mass is 16.5. The summed E-state index contributed by atoms with van der Waals surface area (Å²) >= 11 is 0. The summed E-state index contributed by atoms with van der Waals surface area (Å²) in [7, 11) is 1.31. The van der Waals surface area contributed by atoms with Gasteiger partial charge in [0.25, 0.3) is 5.56 Å². The lowest BCUT2D eigenvalue weighted by molar-refractivity contribution is -0.139. The van der Waals surface area contributed by atoms with Crippen LogP contribution in [0.5, 0.6) is 0 Å². The molecule has 0 unspecified atom stereocenters. The number of likely N-dealkylation sites (N-methyl/N-ethyl adjacent to an activating group) is 1. The van der Waals surface area contributed by atoms with E-state index in [2.05, 4.69) is 31.4 Å². The number of hydrogen-bond acceptors (Lipinski definition) is 6. The molecule has 0 spiro atoms. The van der Waals surface area contributed by atoms with Gasteiger partial charge in [0.05, 0.1) is 19.2 Å². The van der Waals surface area contributed by atoms with Crippen LogP contribution in [0, 0.1) is 6.92 Å². The number of H-pyrrole nitrogens is 1. The molecule has 2 rings (SSSR count). The highest BCUT2D eigenvalue weighted by molar-refractivity contribution is 5.72. The van der Waals surface area contributed by atoms with E-state index in [4.69, 9.17) is 0 Å². The molecule has 7 nitrogen and oxygen atoms in total. The van der Waals surface area contributed by atoms with E-state index in [-0.39, 0.29) is 12.0 Å². The van der Waals surface area contributed by atoms with Crippen molar-refractivity contribution in [2.24, 2.45) is 0 Å². The molecule has 2 heterocycles. The van der Waals surface area contributed by atoms with Crippen LogP contribution in [0.1, 0.15) is 18.2 Å². The number of nitrogens with zero attached hydrogens (tertiary/aromatic N) is 3. The van der Waals surface area contributed by atoms with Crippen molar-refractivity contribution < 1.29 is 9.53 Å². The molecule has 0 aromatic carbocycles. The van der Waals surface area contributed by atoms with Gasteiger partial charge in [-0.25, -0.2) is 4.98 Å². The molecule has 21 heavy (non-hydrogen) atoms. The van der Waals surface area contributed by atoms with Gasteiger partial charge in [0.1, 0.15) is 0 Å². The Hall–Kier alpha value is -1.89. The third-order valence-corrected chi connectivity index (χ3v) is 3.88. The fraction of sp³-hybridized carbons (Fsp3) is 0.643. The van der Waals surface area contributed by atoms with Crippen LogP contribution in [-0.2, 0) is 16.0 Å². The molecular formula is C14H22N4O3. The average molecular weight is 294 g/mol. The molecule has 1 aliphatic rings. The number of aromatic amines is 1. The molecule has 0 saturated carbocycles. The molecule has 1 aliphatic heterocycles. The number of carbonyl (C=O) groups excluding carboxylic acids is 1. The first-order valence-electron chi connectivity index (χ1n) is 7.19.